The molecular weight excluding hydrogens is 386 g/mol. The lowest BCUT2D eigenvalue weighted by molar-refractivity contribution is -0.116. The average molecular weight is 416 g/mol. The summed E-state index contributed by atoms with van der Waals surface area (Å²) in [5, 5.41) is 3.02. The van der Waals surface area contributed by atoms with Gasteiger partial charge in [-0.25, -0.2) is 8.42 Å². The van der Waals surface area contributed by atoms with Crippen LogP contribution in [0.1, 0.15) is 63.5 Å². The molecule has 1 amide bonds. The lowest BCUT2D eigenvalue weighted by atomic mass is 9.92. The molecule has 7 heteroatoms. The third-order valence-electron chi connectivity index (χ3n) is 5.13. The highest BCUT2D eigenvalue weighted by atomic mass is 32.2. The van der Waals surface area contributed by atoms with Gasteiger partial charge in [0.2, 0.25) is 15.9 Å². The van der Waals surface area contributed by atoms with Gasteiger partial charge in [-0.05, 0) is 47.9 Å². The highest BCUT2D eigenvalue weighted by Crippen LogP contribution is 2.34. The molecule has 0 bridgehead atoms. The minimum atomic E-state index is -3.77. The number of amides is 1. The number of benzene rings is 1. The van der Waals surface area contributed by atoms with Gasteiger partial charge in [-0.2, -0.15) is 4.31 Å². The first-order valence-corrected chi connectivity index (χ1v) is 11.5. The number of rotatable bonds is 8. The molecule has 29 heavy (non-hydrogen) atoms. The molecule has 2 aromatic rings. The van der Waals surface area contributed by atoms with Gasteiger partial charge in [0, 0.05) is 24.1 Å². The lowest BCUT2D eigenvalue weighted by Gasteiger charge is -2.24. The molecule has 1 aromatic heterocycles. The zero-order valence-electron chi connectivity index (χ0n) is 17.4. The number of hydrogen-bond acceptors (Lipinski definition) is 4. The third-order valence-corrected chi connectivity index (χ3v) is 7.01. The molecule has 1 saturated carbocycles. The van der Waals surface area contributed by atoms with Crippen LogP contribution in [-0.2, 0) is 14.8 Å². The molecule has 0 saturated heterocycles. The van der Waals surface area contributed by atoms with Crippen LogP contribution in [0.3, 0.4) is 0 Å². The highest BCUT2D eigenvalue weighted by molar-refractivity contribution is 7.89. The van der Waals surface area contributed by atoms with Crippen molar-refractivity contribution in [1.82, 2.24) is 9.29 Å². The Kier molecular flexibility index (Phi) is 6.39. The molecule has 0 spiro atoms. The van der Waals surface area contributed by atoms with Gasteiger partial charge in [-0.1, -0.05) is 45.9 Å². The van der Waals surface area contributed by atoms with Crippen LogP contribution in [-0.4, -0.2) is 36.2 Å². The van der Waals surface area contributed by atoms with Gasteiger partial charge in [0.25, 0.3) is 0 Å². The van der Waals surface area contributed by atoms with E-state index in [1.54, 1.807) is 6.07 Å². The second-order valence-electron chi connectivity index (χ2n) is 8.14. The minimum absolute atomic E-state index is 0.116. The van der Waals surface area contributed by atoms with Crippen LogP contribution in [0.4, 0.5) is 5.69 Å². The summed E-state index contributed by atoms with van der Waals surface area (Å²) in [6.45, 7) is 8.12. The first-order chi connectivity index (χ1) is 13.7. The maximum absolute atomic E-state index is 13.1. The Morgan fingerprint density at radius 2 is 1.72 bits per heavy atom. The Labute approximate surface area is 173 Å². The predicted octanol–water partition coefficient (Wildman–Crippen LogP) is 4.12. The minimum Gasteiger partial charge on any atom is -0.324 e. The van der Waals surface area contributed by atoms with E-state index < -0.39 is 10.0 Å². The number of carbonyl (C=O) groups is 1. The van der Waals surface area contributed by atoms with Crippen molar-refractivity contribution in [3.05, 3.63) is 53.9 Å². The number of aromatic nitrogens is 1. The summed E-state index contributed by atoms with van der Waals surface area (Å²) < 4.78 is 27.4. The van der Waals surface area contributed by atoms with Crippen molar-refractivity contribution in [2.24, 2.45) is 0 Å². The van der Waals surface area contributed by atoms with Gasteiger partial charge in [0.1, 0.15) is 4.90 Å². The molecule has 156 valence electrons. The molecule has 1 N–H and O–H groups in total. The Morgan fingerprint density at radius 3 is 2.21 bits per heavy atom. The maximum atomic E-state index is 13.1. The Hall–Kier alpha value is -2.25. The Balaban J connectivity index is 1.86. The molecule has 1 aliphatic carbocycles. The standard InChI is InChI=1S/C22H29N3O3S/c1-15(2)19-8-5-9-20(16(3)4)22(19)24-21(26)14-25(17-10-11-17)29(27,28)18-7-6-12-23-13-18/h5-9,12-13,15-17H,10-11,14H2,1-4H3,(H,24,26). The van der Waals surface area contributed by atoms with E-state index in [1.807, 2.05) is 18.2 Å². The molecule has 0 radical (unpaired) electrons. The number of para-hydroxylation sites is 1. The van der Waals surface area contributed by atoms with Gasteiger partial charge >= 0.3 is 0 Å². The maximum Gasteiger partial charge on any atom is 0.245 e. The second-order valence-corrected chi connectivity index (χ2v) is 10.0. The van der Waals surface area contributed by atoms with Crippen molar-refractivity contribution in [3.8, 4) is 0 Å². The van der Waals surface area contributed by atoms with E-state index in [1.165, 1.54) is 22.8 Å². The van der Waals surface area contributed by atoms with Crippen LogP contribution >= 0.6 is 0 Å². The first kappa shape index (κ1) is 21.5. The van der Waals surface area contributed by atoms with Crippen molar-refractivity contribution in [2.45, 2.75) is 63.3 Å². The monoisotopic (exact) mass is 415 g/mol. The van der Waals surface area contributed by atoms with Crippen LogP contribution in [0.5, 0.6) is 0 Å². The van der Waals surface area contributed by atoms with Crippen LogP contribution in [0, 0.1) is 0 Å². The largest absolute Gasteiger partial charge is 0.324 e. The van der Waals surface area contributed by atoms with Crippen molar-refractivity contribution in [2.75, 3.05) is 11.9 Å². The van der Waals surface area contributed by atoms with E-state index in [4.69, 9.17) is 0 Å². The topological polar surface area (TPSA) is 79.4 Å². The fourth-order valence-corrected chi connectivity index (χ4v) is 5.03. The summed E-state index contributed by atoms with van der Waals surface area (Å²) in [6, 6.07) is 9.00. The number of pyridine rings is 1. The first-order valence-electron chi connectivity index (χ1n) is 10.1. The van der Waals surface area contributed by atoms with Gasteiger partial charge in [-0.15, -0.1) is 0 Å². The zero-order chi connectivity index (χ0) is 21.2. The third kappa shape index (κ3) is 4.85. The number of carbonyl (C=O) groups excluding carboxylic acids is 1. The van der Waals surface area contributed by atoms with Gasteiger partial charge in [0.05, 0.1) is 6.54 Å². The fourth-order valence-electron chi connectivity index (χ4n) is 3.42. The van der Waals surface area contributed by atoms with Gasteiger partial charge in [-0.3, -0.25) is 9.78 Å². The number of nitrogens with zero attached hydrogens (tertiary/aromatic N) is 2. The summed E-state index contributed by atoms with van der Waals surface area (Å²) >= 11 is 0. The van der Waals surface area contributed by atoms with Crippen molar-refractivity contribution in [3.63, 3.8) is 0 Å². The SMILES string of the molecule is CC(C)c1cccc(C(C)C)c1NC(=O)CN(C1CC1)S(=O)(=O)c1cccnc1. The van der Waals surface area contributed by atoms with Crippen LogP contribution < -0.4 is 5.32 Å². The van der Waals surface area contributed by atoms with Gasteiger partial charge in [0.15, 0.2) is 0 Å². The van der Waals surface area contributed by atoms with E-state index in [0.717, 1.165) is 29.7 Å². The molecule has 1 heterocycles. The number of nitrogens with one attached hydrogen (secondary N) is 1. The van der Waals surface area contributed by atoms with Crippen LogP contribution in [0.15, 0.2) is 47.6 Å². The summed E-state index contributed by atoms with van der Waals surface area (Å²) in [4.78, 5) is 17.0. The van der Waals surface area contributed by atoms with Crippen molar-refractivity contribution in [1.29, 1.82) is 0 Å². The molecule has 6 nitrogen and oxygen atoms in total. The number of anilines is 1. The van der Waals surface area contributed by atoms with E-state index >= 15 is 0 Å². The van der Waals surface area contributed by atoms with Crippen molar-refractivity contribution < 1.29 is 13.2 Å². The molecule has 1 aromatic carbocycles. The smallest absolute Gasteiger partial charge is 0.245 e. The van der Waals surface area contributed by atoms with Crippen LogP contribution in [0.25, 0.3) is 0 Å². The average Bonchev–Trinajstić information content (AvgIpc) is 3.51. The summed E-state index contributed by atoms with van der Waals surface area (Å²) in [6.07, 6.45) is 4.40. The molecule has 1 fully saturated rings. The van der Waals surface area contributed by atoms with Crippen LogP contribution in [0.2, 0.25) is 0 Å². The zero-order valence-corrected chi connectivity index (χ0v) is 18.2. The summed E-state index contributed by atoms with van der Waals surface area (Å²) in [7, 11) is -3.77. The van der Waals surface area contributed by atoms with Crippen molar-refractivity contribution >= 4 is 21.6 Å². The molecule has 0 unspecified atom stereocenters. The van der Waals surface area contributed by atoms with E-state index in [9.17, 15) is 13.2 Å². The predicted molar refractivity (Wildman–Crippen MR) is 114 cm³/mol. The molecule has 1 aliphatic rings. The second kappa shape index (κ2) is 8.63. The highest BCUT2D eigenvalue weighted by Gasteiger charge is 2.39. The summed E-state index contributed by atoms with van der Waals surface area (Å²) in [5.41, 5.74) is 2.91. The lowest BCUT2D eigenvalue weighted by Crippen LogP contribution is -2.39. The van der Waals surface area contributed by atoms with E-state index in [0.29, 0.717) is 0 Å². The molecule has 0 atom stereocenters. The van der Waals surface area contributed by atoms with E-state index in [-0.39, 0.29) is 35.2 Å². The molecule has 3 rings (SSSR count). The summed E-state index contributed by atoms with van der Waals surface area (Å²) in [5.74, 6) is 0.157. The fraction of sp³-hybridized carbons (Fsp3) is 0.455. The number of sulfonamides is 1. The Bertz CT molecular complexity index is 942. The number of hydrogen-bond donors (Lipinski definition) is 1. The van der Waals surface area contributed by atoms with Gasteiger partial charge < -0.3 is 5.32 Å². The molecule has 0 aliphatic heterocycles. The molecular formula is C22H29N3O3S. The normalized spacial score (nSPS) is 14.6. The Morgan fingerprint density at radius 1 is 1.10 bits per heavy atom. The van der Waals surface area contributed by atoms with E-state index in [2.05, 4.69) is 38.0 Å². The quantitative estimate of drug-likeness (QED) is 0.703.